The minimum absolute atomic E-state index is 0.101. The largest absolute Gasteiger partial charge is 0.362 e. The average molecular weight is 361 g/mol. The molecule has 7 nitrogen and oxygen atoms in total. The molecular weight excluding hydrogens is 342 g/mol. The zero-order valence-corrected chi connectivity index (χ0v) is 14.6. The number of nitrogens with zero attached hydrogens (tertiary/aromatic N) is 1. The zero-order valence-electron chi connectivity index (χ0n) is 12.9. The molecule has 0 radical (unpaired) electrons. The molecule has 1 aromatic carbocycles. The number of rotatable bonds is 5. The van der Waals surface area contributed by atoms with Gasteiger partial charge >= 0.3 is 0 Å². The van der Waals surface area contributed by atoms with Crippen molar-refractivity contribution in [3.8, 4) is 0 Å². The zero-order chi connectivity index (χ0) is 16.9. The fraction of sp³-hybridized carbons (Fsp3) is 0.571. The third-order valence-electron chi connectivity index (χ3n) is 4.17. The molecule has 1 aromatic rings. The second-order valence-corrected chi connectivity index (χ2v) is 9.66. The van der Waals surface area contributed by atoms with E-state index in [0.29, 0.717) is 13.0 Å². The van der Waals surface area contributed by atoms with Crippen LogP contribution in [0, 0.1) is 6.92 Å². The van der Waals surface area contributed by atoms with Gasteiger partial charge in [-0.1, -0.05) is 17.7 Å². The lowest BCUT2D eigenvalue weighted by Gasteiger charge is -2.28. The molecule has 2 unspecified atom stereocenters. The van der Waals surface area contributed by atoms with Gasteiger partial charge in [0.2, 0.25) is 10.0 Å². The second-order valence-electron chi connectivity index (χ2n) is 6.08. The number of benzene rings is 1. The summed E-state index contributed by atoms with van der Waals surface area (Å²) >= 11 is 0. The Balaban J connectivity index is 1.77. The van der Waals surface area contributed by atoms with Crippen LogP contribution < -0.4 is 0 Å². The number of sulfonamides is 1. The van der Waals surface area contributed by atoms with Gasteiger partial charge in [-0.3, -0.25) is 4.18 Å². The highest BCUT2D eigenvalue weighted by molar-refractivity contribution is 7.89. The summed E-state index contributed by atoms with van der Waals surface area (Å²) in [7, 11) is -7.22. The van der Waals surface area contributed by atoms with Crippen LogP contribution >= 0.6 is 0 Å². The van der Waals surface area contributed by atoms with E-state index in [-0.39, 0.29) is 24.2 Å². The van der Waals surface area contributed by atoms with Crippen LogP contribution in [0.3, 0.4) is 0 Å². The van der Waals surface area contributed by atoms with Gasteiger partial charge in [0.1, 0.15) is 5.60 Å². The minimum atomic E-state index is -3.63. The summed E-state index contributed by atoms with van der Waals surface area (Å²) in [4.78, 5) is 0.224. The summed E-state index contributed by atoms with van der Waals surface area (Å²) in [5.74, 6) is 0. The summed E-state index contributed by atoms with van der Waals surface area (Å²) < 4.78 is 59.5. The van der Waals surface area contributed by atoms with Crippen LogP contribution in [-0.4, -0.2) is 58.8 Å². The van der Waals surface area contributed by atoms with E-state index in [1.54, 1.807) is 24.3 Å². The Morgan fingerprint density at radius 3 is 2.52 bits per heavy atom. The van der Waals surface area contributed by atoms with Gasteiger partial charge in [-0.2, -0.15) is 12.7 Å². The van der Waals surface area contributed by atoms with E-state index in [4.69, 9.17) is 8.92 Å². The molecule has 0 spiro atoms. The molecule has 0 amide bonds. The maximum atomic E-state index is 12.7. The van der Waals surface area contributed by atoms with Crippen molar-refractivity contribution in [2.45, 2.75) is 29.9 Å². The molecule has 9 heteroatoms. The normalized spacial score (nSPS) is 28.3. The van der Waals surface area contributed by atoms with E-state index in [2.05, 4.69) is 0 Å². The van der Waals surface area contributed by atoms with Crippen molar-refractivity contribution in [2.75, 3.05) is 26.0 Å². The standard InChI is InChI=1S/C14H19NO6S2/c1-11-3-5-12(6-4-11)23(18,19)15-8-7-13-14(9-15,21-13)10-20-22(2,16)17/h3-6,13H,7-10H2,1-2H3. The molecule has 2 atom stereocenters. The molecule has 0 aromatic heterocycles. The first-order chi connectivity index (χ1) is 10.6. The van der Waals surface area contributed by atoms with Crippen molar-refractivity contribution >= 4 is 20.1 Å². The molecule has 0 bridgehead atoms. The van der Waals surface area contributed by atoms with Crippen LogP contribution in [0.5, 0.6) is 0 Å². The molecule has 0 N–H and O–H groups in total. The molecule has 0 aliphatic carbocycles. The van der Waals surface area contributed by atoms with Crippen molar-refractivity contribution in [1.29, 1.82) is 0 Å². The molecule has 2 aliphatic rings. The summed E-state index contributed by atoms with van der Waals surface area (Å²) in [6.45, 7) is 2.18. The topological polar surface area (TPSA) is 93.3 Å². The van der Waals surface area contributed by atoms with Gasteiger partial charge in [-0.15, -0.1) is 0 Å². The lowest BCUT2D eigenvalue weighted by atomic mass is 10.0. The summed E-state index contributed by atoms with van der Waals surface area (Å²) in [6.07, 6.45) is 1.34. The lowest BCUT2D eigenvalue weighted by Crippen LogP contribution is -2.47. The molecular formula is C14H19NO6S2. The number of ether oxygens (including phenoxy) is 1. The van der Waals surface area contributed by atoms with E-state index in [1.165, 1.54) is 4.31 Å². The fourth-order valence-corrected chi connectivity index (χ4v) is 4.72. The predicted molar refractivity (Wildman–Crippen MR) is 83.0 cm³/mol. The maximum Gasteiger partial charge on any atom is 0.264 e. The minimum Gasteiger partial charge on any atom is -0.362 e. The fourth-order valence-electron chi connectivity index (χ4n) is 2.79. The molecule has 2 saturated heterocycles. The number of aryl methyl sites for hydroxylation is 1. The van der Waals surface area contributed by atoms with E-state index < -0.39 is 25.7 Å². The van der Waals surface area contributed by atoms with Gasteiger partial charge in [-0.25, -0.2) is 8.42 Å². The Labute approximate surface area is 136 Å². The highest BCUT2D eigenvalue weighted by Crippen LogP contribution is 2.44. The summed E-state index contributed by atoms with van der Waals surface area (Å²) in [5, 5.41) is 0. The molecule has 0 saturated carbocycles. The van der Waals surface area contributed by atoms with E-state index >= 15 is 0 Å². The quantitative estimate of drug-likeness (QED) is 0.560. The van der Waals surface area contributed by atoms with Crippen LogP contribution in [0.2, 0.25) is 0 Å². The highest BCUT2D eigenvalue weighted by atomic mass is 32.2. The SMILES string of the molecule is Cc1ccc(S(=O)(=O)N2CCC3OC3(COS(C)(=O)=O)C2)cc1. The van der Waals surface area contributed by atoms with Gasteiger partial charge in [0.15, 0.2) is 0 Å². The molecule has 128 valence electrons. The first-order valence-electron chi connectivity index (χ1n) is 7.21. The van der Waals surface area contributed by atoms with Crippen LogP contribution in [0.4, 0.5) is 0 Å². The lowest BCUT2D eigenvalue weighted by molar-refractivity contribution is 0.171. The van der Waals surface area contributed by atoms with Crippen LogP contribution in [0.1, 0.15) is 12.0 Å². The van der Waals surface area contributed by atoms with Crippen molar-refractivity contribution in [1.82, 2.24) is 4.31 Å². The third kappa shape index (κ3) is 3.43. The van der Waals surface area contributed by atoms with Gasteiger partial charge < -0.3 is 4.74 Å². The summed E-state index contributed by atoms with van der Waals surface area (Å²) in [5.41, 5.74) is 0.130. The Hall–Kier alpha value is -1.00. The first-order valence-corrected chi connectivity index (χ1v) is 10.5. The van der Waals surface area contributed by atoms with Gasteiger partial charge in [0.25, 0.3) is 10.1 Å². The van der Waals surface area contributed by atoms with Gasteiger partial charge in [-0.05, 0) is 25.5 Å². The van der Waals surface area contributed by atoms with Crippen LogP contribution in [-0.2, 0) is 29.1 Å². The van der Waals surface area contributed by atoms with Crippen LogP contribution in [0.15, 0.2) is 29.2 Å². The Morgan fingerprint density at radius 2 is 1.91 bits per heavy atom. The summed E-state index contributed by atoms with van der Waals surface area (Å²) in [6, 6.07) is 6.64. The van der Waals surface area contributed by atoms with Crippen molar-refractivity contribution in [3.05, 3.63) is 29.8 Å². The average Bonchev–Trinajstić information content (AvgIpc) is 3.19. The third-order valence-corrected chi connectivity index (χ3v) is 6.57. The van der Waals surface area contributed by atoms with E-state index in [1.807, 2.05) is 6.92 Å². The van der Waals surface area contributed by atoms with E-state index in [0.717, 1.165) is 11.8 Å². The van der Waals surface area contributed by atoms with Gasteiger partial charge in [0, 0.05) is 13.1 Å². The molecule has 2 aliphatic heterocycles. The number of piperidine rings is 1. The number of fused-ring (bicyclic) bond motifs is 1. The maximum absolute atomic E-state index is 12.7. The molecule has 23 heavy (non-hydrogen) atoms. The van der Waals surface area contributed by atoms with Crippen LogP contribution in [0.25, 0.3) is 0 Å². The number of epoxide rings is 1. The van der Waals surface area contributed by atoms with Gasteiger partial charge in [0.05, 0.1) is 23.9 Å². The molecule has 2 heterocycles. The van der Waals surface area contributed by atoms with Crippen molar-refractivity contribution in [2.24, 2.45) is 0 Å². The monoisotopic (exact) mass is 361 g/mol. The second kappa shape index (κ2) is 5.52. The van der Waals surface area contributed by atoms with E-state index in [9.17, 15) is 16.8 Å². The molecule has 2 fully saturated rings. The smallest absolute Gasteiger partial charge is 0.264 e. The van der Waals surface area contributed by atoms with Crippen molar-refractivity contribution in [3.63, 3.8) is 0 Å². The Bertz CT molecular complexity index is 802. The number of hydrogen-bond acceptors (Lipinski definition) is 6. The number of hydrogen-bond donors (Lipinski definition) is 0. The Morgan fingerprint density at radius 1 is 1.26 bits per heavy atom. The highest BCUT2D eigenvalue weighted by Gasteiger charge is 2.61. The molecule has 3 rings (SSSR count). The van der Waals surface area contributed by atoms with Crippen molar-refractivity contribution < 1.29 is 25.8 Å². The predicted octanol–water partition coefficient (Wildman–Crippen LogP) is 0.503. The Kier molecular flexibility index (Phi) is 4.04. The first kappa shape index (κ1) is 16.8.